The molecule has 1 aliphatic heterocycles. The lowest BCUT2D eigenvalue weighted by Gasteiger charge is -2.40. The van der Waals surface area contributed by atoms with Gasteiger partial charge in [0, 0.05) is 12.8 Å². The summed E-state index contributed by atoms with van der Waals surface area (Å²) in [5.41, 5.74) is 0. The molecular formula is C77H145NO10. The Morgan fingerprint density at radius 1 is 0.420 bits per heavy atom. The van der Waals surface area contributed by atoms with Crippen LogP contribution in [-0.4, -0.2) is 100 Å². The van der Waals surface area contributed by atoms with Gasteiger partial charge in [-0.2, -0.15) is 0 Å². The van der Waals surface area contributed by atoms with E-state index in [-0.39, 0.29) is 18.5 Å². The Balaban J connectivity index is 1.85. The van der Waals surface area contributed by atoms with E-state index in [2.05, 4.69) is 43.5 Å². The van der Waals surface area contributed by atoms with Gasteiger partial charge in [0.15, 0.2) is 6.29 Å². The Bertz CT molecular complexity index is 1560. The molecular weight excluding hydrogens is 1100 g/mol. The number of ether oxygens (including phenoxy) is 3. The van der Waals surface area contributed by atoms with Crippen LogP contribution in [-0.2, 0) is 23.8 Å². The lowest BCUT2D eigenvalue weighted by atomic mass is 9.99. The highest BCUT2D eigenvalue weighted by molar-refractivity contribution is 5.76. The number of rotatable bonds is 68. The summed E-state index contributed by atoms with van der Waals surface area (Å²) in [7, 11) is 0. The van der Waals surface area contributed by atoms with E-state index in [9.17, 15) is 35.1 Å². The monoisotopic (exact) mass is 1240 g/mol. The van der Waals surface area contributed by atoms with Crippen molar-refractivity contribution in [2.24, 2.45) is 0 Å². The fourth-order valence-electron chi connectivity index (χ4n) is 12.2. The van der Waals surface area contributed by atoms with Crippen molar-refractivity contribution in [1.29, 1.82) is 0 Å². The van der Waals surface area contributed by atoms with E-state index in [4.69, 9.17) is 14.2 Å². The molecule has 0 aromatic heterocycles. The quantitative estimate of drug-likeness (QED) is 0.0195. The number of hydrogen-bond acceptors (Lipinski definition) is 10. The summed E-state index contributed by atoms with van der Waals surface area (Å²) in [4.78, 5) is 25.1. The van der Waals surface area contributed by atoms with Crippen LogP contribution in [0, 0.1) is 0 Å². The molecule has 1 fully saturated rings. The van der Waals surface area contributed by atoms with E-state index in [1.165, 1.54) is 289 Å². The van der Waals surface area contributed by atoms with E-state index in [1.54, 1.807) is 6.08 Å². The predicted octanol–water partition coefficient (Wildman–Crippen LogP) is 20.1. The standard InChI is InChI=1S/C77H145NO10/c1-3-5-7-9-11-13-14-15-16-17-36-39-42-45-49-53-57-61-65-73(82)86-66-62-58-54-50-46-43-40-37-34-32-30-28-26-24-22-20-18-19-21-23-25-27-29-31-33-35-38-41-44-48-52-56-60-64-72(81)78-69(70(80)63-59-55-51-47-12-10-8-6-4-2)68-87-77-76(85)75(84)74(83)71(67-79)88-77/h13-14,16-17,59,63,69-71,74-77,79-80,83-85H,3-12,15,18-58,60-62,64-68H2,1-2H3,(H,78,81)/b14-13-,17-16-,63-59+. The van der Waals surface area contributed by atoms with Crippen LogP contribution in [0.1, 0.15) is 380 Å². The highest BCUT2D eigenvalue weighted by Gasteiger charge is 2.44. The molecule has 7 unspecified atom stereocenters. The molecule has 1 amide bonds. The number of amides is 1. The topological polar surface area (TPSA) is 175 Å². The number of unbranched alkanes of at least 4 members (excludes halogenated alkanes) is 50. The molecule has 0 spiro atoms. The normalized spacial score (nSPS) is 17.9. The third-order valence-corrected chi connectivity index (χ3v) is 18.2. The van der Waals surface area contributed by atoms with Crippen molar-refractivity contribution < 1.29 is 49.3 Å². The largest absolute Gasteiger partial charge is 0.466 e. The highest BCUT2D eigenvalue weighted by Crippen LogP contribution is 2.24. The summed E-state index contributed by atoms with van der Waals surface area (Å²) < 4.78 is 16.7. The summed E-state index contributed by atoms with van der Waals surface area (Å²) >= 11 is 0. The van der Waals surface area contributed by atoms with E-state index in [0.717, 1.165) is 64.2 Å². The van der Waals surface area contributed by atoms with Crippen molar-refractivity contribution in [2.75, 3.05) is 19.8 Å². The van der Waals surface area contributed by atoms with Crippen LogP contribution in [0.15, 0.2) is 36.5 Å². The van der Waals surface area contributed by atoms with Crippen LogP contribution < -0.4 is 5.32 Å². The molecule has 0 saturated carbocycles. The summed E-state index contributed by atoms with van der Waals surface area (Å²) in [6.45, 7) is 4.34. The van der Waals surface area contributed by atoms with Crippen LogP contribution in [0.25, 0.3) is 0 Å². The van der Waals surface area contributed by atoms with Gasteiger partial charge < -0.3 is 45.1 Å². The van der Waals surface area contributed by atoms with Crippen LogP contribution in [0.5, 0.6) is 0 Å². The van der Waals surface area contributed by atoms with E-state index >= 15 is 0 Å². The lowest BCUT2D eigenvalue weighted by molar-refractivity contribution is -0.302. The fraction of sp³-hybridized carbons (Fsp3) is 0.896. The molecule has 1 saturated heterocycles. The van der Waals surface area contributed by atoms with Crippen LogP contribution in [0.4, 0.5) is 0 Å². The maximum absolute atomic E-state index is 13.0. The van der Waals surface area contributed by atoms with Gasteiger partial charge in [0.05, 0.1) is 32.0 Å². The molecule has 1 aliphatic rings. The maximum atomic E-state index is 13.0. The molecule has 0 radical (unpaired) electrons. The molecule has 88 heavy (non-hydrogen) atoms. The Morgan fingerprint density at radius 2 is 0.761 bits per heavy atom. The van der Waals surface area contributed by atoms with Crippen LogP contribution >= 0.6 is 0 Å². The minimum Gasteiger partial charge on any atom is -0.466 e. The van der Waals surface area contributed by atoms with Crippen molar-refractivity contribution >= 4 is 11.9 Å². The van der Waals surface area contributed by atoms with E-state index in [0.29, 0.717) is 19.4 Å². The van der Waals surface area contributed by atoms with Gasteiger partial charge in [0.2, 0.25) is 5.91 Å². The number of aliphatic hydroxyl groups excluding tert-OH is 5. The lowest BCUT2D eigenvalue weighted by Crippen LogP contribution is -2.60. The average Bonchev–Trinajstić information content (AvgIpc) is 2.57. The Kier molecular flexibility index (Phi) is 63.2. The van der Waals surface area contributed by atoms with Crippen LogP contribution in [0.3, 0.4) is 0 Å². The number of carbonyl (C=O) groups excluding carboxylic acids is 2. The summed E-state index contributed by atoms with van der Waals surface area (Å²) in [6.07, 6.45) is 76.1. The van der Waals surface area contributed by atoms with Gasteiger partial charge in [-0.05, 0) is 64.2 Å². The molecule has 0 bridgehead atoms. The molecule has 1 rings (SSSR count). The molecule has 518 valence electrons. The summed E-state index contributed by atoms with van der Waals surface area (Å²) in [5.74, 6) is -0.170. The van der Waals surface area contributed by atoms with Gasteiger partial charge in [-0.3, -0.25) is 9.59 Å². The zero-order valence-electron chi connectivity index (χ0n) is 57.7. The maximum Gasteiger partial charge on any atom is 0.305 e. The molecule has 7 atom stereocenters. The zero-order chi connectivity index (χ0) is 63.7. The Morgan fingerprint density at radius 3 is 1.16 bits per heavy atom. The average molecular weight is 1250 g/mol. The van der Waals surface area contributed by atoms with Gasteiger partial charge in [0.1, 0.15) is 24.4 Å². The molecule has 0 aromatic carbocycles. The first-order valence-electron chi connectivity index (χ1n) is 38.3. The van der Waals surface area contributed by atoms with Crippen molar-refractivity contribution in [3.05, 3.63) is 36.5 Å². The van der Waals surface area contributed by atoms with E-state index < -0.39 is 49.5 Å². The molecule has 11 nitrogen and oxygen atoms in total. The fourth-order valence-corrected chi connectivity index (χ4v) is 12.2. The van der Waals surface area contributed by atoms with Gasteiger partial charge in [-0.15, -0.1) is 0 Å². The van der Waals surface area contributed by atoms with E-state index in [1.807, 2.05) is 6.08 Å². The molecule has 6 N–H and O–H groups in total. The van der Waals surface area contributed by atoms with Crippen molar-refractivity contribution in [2.45, 2.75) is 423 Å². The summed E-state index contributed by atoms with van der Waals surface area (Å²) in [5, 5.41) is 54.3. The highest BCUT2D eigenvalue weighted by atomic mass is 16.7. The Hall–Kier alpha value is -2.12. The van der Waals surface area contributed by atoms with Crippen molar-refractivity contribution in [3.63, 3.8) is 0 Å². The van der Waals surface area contributed by atoms with Crippen molar-refractivity contribution in [1.82, 2.24) is 5.32 Å². The minimum atomic E-state index is -1.57. The second-order valence-corrected chi connectivity index (χ2v) is 26.7. The number of aliphatic hydroxyl groups is 5. The Labute approximate surface area is 543 Å². The van der Waals surface area contributed by atoms with Crippen molar-refractivity contribution in [3.8, 4) is 0 Å². The molecule has 11 heteroatoms. The van der Waals surface area contributed by atoms with Gasteiger partial charge in [-0.1, -0.05) is 339 Å². The van der Waals surface area contributed by atoms with Crippen LogP contribution in [0.2, 0.25) is 0 Å². The zero-order valence-corrected chi connectivity index (χ0v) is 57.7. The molecule has 0 aromatic rings. The van der Waals surface area contributed by atoms with Gasteiger partial charge in [0.25, 0.3) is 0 Å². The first-order chi connectivity index (χ1) is 43.2. The SMILES string of the molecule is CCCCCC/C=C\C/C=C\CCCCCCCCCC(=O)OCCCCCCCCCCCCCCCCCCCCCCCCCCCCCCCCCCCC(=O)NC(COC1OC(CO)C(O)C(O)C1O)C(O)/C=C/CCCCCCCCC. The third kappa shape index (κ3) is 54.4. The molecule has 1 heterocycles. The van der Waals surface area contributed by atoms with Gasteiger partial charge in [-0.25, -0.2) is 0 Å². The second-order valence-electron chi connectivity index (χ2n) is 26.7. The number of carbonyl (C=O) groups is 2. The number of hydrogen-bond donors (Lipinski definition) is 6. The number of nitrogens with one attached hydrogen (secondary N) is 1. The summed E-state index contributed by atoms with van der Waals surface area (Å²) in [6, 6.07) is -0.805. The second kappa shape index (κ2) is 66.3. The smallest absolute Gasteiger partial charge is 0.305 e. The first kappa shape index (κ1) is 83.9. The first-order valence-corrected chi connectivity index (χ1v) is 38.3. The van der Waals surface area contributed by atoms with Gasteiger partial charge >= 0.3 is 5.97 Å². The molecule has 0 aliphatic carbocycles. The minimum absolute atomic E-state index is 0.00752. The third-order valence-electron chi connectivity index (χ3n) is 18.2. The number of esters is 1. The predicted molar refractivity (Wildman–Crippen MR) is 371 cm³/mol. The number of allylic oxidation sites excluding steroid dienone is 5.